The van der Waals surface area contributed by atoms with E-state index in [-0.39, 0.29) is 24.7 Å². The van der Waals surface area contributed by atoms with Crippen molar-refractivity contribution in [3.63, 3.8) is 0 Å². The first-order valence-electron chi connectivity index (χ1n) is 9.73. The van der Waals surface area contributed by atoms with Gasteiger partial charge in [-0.2, -0.15) is 5.10 Å². The Labute approximate surface area is 189 Å². The molecule has 0 aliphatic carbocycles. The van der Waals surface area contributed by atoms with Gasteiger partial charge in [0.25, 0.3) is 0 Å². The molecule has 0 spiro atoms. The maximum absolute atomic E-state index is 11.9. The number of hydrogen-bond acceptors (Lipinski definition) is 4. The molecule has 0 fully saturated rings. The number of carbonyl (C=O) groups is 2. The lowest BCUT2D eigenvalue weighted by Crippen LogP contribution is -2.20. The fourth-order valence-electron chi connectivity index (χ4n) is 2.66. The number of hydrogen-bond donors (Lipinski definition) is 2. The van der Waals surface area contributed by atoms with E-state index in [1.807, 2.05) is 66.7 Å². The normalized spacial score (nSPS) is 10.6. The van der Waals surface area contributed by atoms with Crippen LogP contribution in [0, 0.1) is 0 Å². The Balaban J connectivity index is 1.42. The van der Waals surface area contributed by atoms with Gasteiger partial charge in [0.15, 0.2) is 0 Å². The third kappa shape index (κ3) is 7.71. The average Bonchev–Trinajstić information content (AvgIpc) is 2.78. The Morgan fingerprint density at radius 1 is 0.903 bits per heavy atom. The SMILES string of the molecule is O=C(CCC(=O)Nc1ccccc1)NN=Cc1ccc(OCc2ccccc2)c(Br)c1. The van der Waals surface area contributed by atoms with E-state index >= 15 is 0 Å². The maximum Gasteiger partial charge on any atom is 0.240 e. The summed E-state index contributed by atoms with van der Waals surface area (Å²) in [5.74, 6) is 0.163. The summed E-state index contributed by atoms with van der Waals surface area (Å²) < 4.78 is 6.61. The predicted molar refractivity (Wildman–Crippen MR) is 125 cm³/mol. The molecule has 0 radical (unpaired) electrons. The van der Waals surface area contributed by atoms with Crippen molar-refractivity contribution in [2.75, 3.05) is 5.32 Å². The summed E-state index contributed by atoms with van der Waals surface area (Å²) in [4.78, 5) is 23.8. The monoisotopic (exact) mass is 479 g/mol. The highest BCUT2D eigenvalue weighted by Gasteiger charge is 2.07. The van der Waals surface area contributed by atoms with Crippen LogP contribution in [0.15, 0.2) is 88.4 Å². The predicted octanol–water partition coefficient (Wildman–Crippen LogP) is 4.90. The number of amides is 2. The molecule has 0 unspecified atom stereocenters. The van der Waals surface area contributed by atoms with Crippen LogP contribution in [0.25, 0.3) is 0 Å². The summed E-state index contributed by atoms with van der Waals surface area (Å²) in [7, 11) is 0. The molecule has 158 valence electrons. The molecule has 0 atom stereocenters. The number of nitrogens with zero attached hydrogens (tertiary/aromatic N) is 1. The van der Waals surface area contributed by atoms with Crippen LogP contribution in [-0.4, -0.2) is 18.0 Å². The average molecular weight is 480 g/mol. The molecule has 0 saturated heterocycles. The Hall–Kier alpha value is -3.45. The van der Waals surface area contributed by atoms with Gasteiger partial charge in [-0.05, 0) is 57.4 Å². The number of carbonyl (C=O) groups excluding carboxylic acids is 2. The van der Waals surface area contributed by atoms with Crippen LogP contribution in [0.4, 0.5) is 5.69 Å². The van der Waals surface area contributed by atoms with Crippen LogP contribution in [0.2, 0.25) is 0 Å². The van der Waals surface area contributed by atoms with Gasteiger partial charge >= 0.3 is 0 Å². The van der Waals surface area contributed by atoms with Crippen LogP contribution in [-0.2, 0) is 16.2 Å². The number of halogens is 1. The fourth-order valence-corrected chi connectivity index (χ4v) is 3.17. The zero-order valence-electron chi connectivity index (χ0n) is 16.8. The van der Waals surface area contributed by atoms with Crippen molar-refractivity contribution in [2.24, 2.45) is 5.10 Å². The maximum atomic E-state index is 11.9. The van der Waals surface area contributed by atoms with Gasteiger partial charge in [0.05, 0.1) is 10.7 Å². The molecule has 0 bridgehead atoms. The smallest absolute Gasteiger partial charge is 0.240 e. The van der Waals surface area contributed by atoms with Gasteiger partial charge in [-0.1, -0.05) is 48.5 Å². The zero-order valence-corrected chi connectivity index (χ0v) is 18.3. The number of para-hydroxylation sites is 1. The van der Waals surface area contributed by atoms with Crippen LogP contribution in [0.5, 0.6) is 5.75 Å². The van der Waals surface area contributed by atoms with Crippen molar-refractivity contribution in [3.8, 4) is 5.75 Å². The third-order valence-electron chi connectivity index (χ3n) is 4.23. The standard InChI is InChI=1S/C24H22BrN3O3/c25-21-15-19(11-12-22(21)31-17-18-7-3-1-4-8-18)16-26-28-24(30)14-13-23(29)27-20-9-5-2-6-10-20/h1-12,15-16H,13-14,17H2,(H,27,29)(H,28,30). The van der Waals surface area contributed by atoms with Crippen molar-refractivity contribution in [2.45, 2.75) is 19.4 Å². The molecule has 0 saturated carbocycles. The van der Waals surface area contributed by atoms with Gasteiger partial charge in [0.2, 0.25) is 11.8 Å². The molecule has 0 heterocycles. The summed E-state index contributed by atoms with van der Waals surface area (Å²) in [5.41, 5.74) is 5.01. The number of benzene rings is 3. The van der Waals surface area contributed by atoms with Crippen LogP contribution in [0.3, 0.4) is 0 Å². The molecule has 0 aliphatic rings. The molecule has 3 rings (SSSR count). The molecule has 6 nitrogen and oxygen atoms in total. The molecule has 2 amide bonds. The minimum absolute atomic E-state index is 0.0476. The summed E-state index contributed by atoms with van der Waals surface area (Å²) in [5, 5.41) is 6.69. The molecular weight excluding hydrogens is 458 g/mol. The van der Waals surface area contributed by atoms with Crippen LogP contribution < -0.4 is 15.5 Å². The summed E-state index contributed by atoms with van der Waals surface area (Å²) in [6.45, 7) is 0.473. The Bertz CT molecular complexity index is 1040. The first-order chi connectivity index (χ1) is 15.1. The Morgan fingerprint density at radius 3 is 2.29 bits per heavy atom. The van der Waals surface area contributed by atoms with Crippen molar-refractivity contribution in [1.82, 2.24) is 5.43 Å². The number of anilines is 1. The minimum Gasteiger partial charge on any atom is -0.488 e. The van der Waals surface area contributed by atoms with Gasteiger partial charge < -0.3 is 10.1 Å². The molecular formula is C24H22BrN3O3. The van der Waals surface area contributed by atoms with Gasteiger partial charge in [-0.15, -0.1) is 0 Å². The minimum atomic E-state index is -0.332. The topological polar surface area (TPSA) is 79.8 Å². The zero-order chi connectivity index (χ0) is 21.9. The second-order valence-corrected chi connectivity index (χ2v) is 7.53. The summed E-state index contributed by atoms with van der Waals surface area (Å²) >= 11 is 3.49. The highest BCUT2D eigenvalue weighted by molar-refractivity contribution is 9.10. The van der Waals surface area contributed by atoms with E-state index < -0.39 is 0 Å². The molecule has 0 aromatic heterocycles. The second-order valence-electron chi connectivity index (χ2n) is 6.67. The summed E-state index contributed by atoms with van der Waals surface area (Å²) in [6, 6.07) is 24.5. The van der Waals surface area contributed by atoms with E-state index in [0.717, 1.165) is 21.3 Å². The van der Waals surface area contributed by atoms with E-state index in [0.29, 0.717) is 12.3 Å². The molecule has 31 heavy (non-hydrogen) atoms. The van der Waals surface area contributed by atoms with Gasteiger partial charge in [-0.25, -0.2) is 5.43 Å². The number of rotatable bonds is 9. The Kier molecular flexibility index (Phi) is 8.37. The molecule has 2 N–H and O–H groups in total. The lowest BCUT2D eigenvalue weighted by atomic mass is 10.2. The van der Waals surface area contributed by atoms with E-state index in [1.165, 1.54) is 6.21 Å². The van der Waals surface area contributed by atoms with Crippen molar-refractivity contribution in [3.05, 3.63) is 94.5 Å². The molecule has 0 aliphatic heterocycles. The lowest BCUT2D eigenvalue weighted by molar-refractivity contribution is -0.124. The van der Waals surface area contributed by atoms with Crippen molar-refractivity contribution < 1.29 is 14.3 Å². The quantitative estimate of drug-likeness (QED) is 0.338. The van der Waals surface area contributed by atoms with Crippen LogP contribution in [0.1, 0.15) is 24.0 Å². The Morgan fingerprint density at radius 2 is 1.58 bits per heavy atom. The first-order valence-corrected chi connectivity index (χ1v) is 10.5. The highest BCUT2D eigenvalue weighted by atomic mass is 79.9. The van der Waals surface area contributed by atoms with Gasteiger partial charge in [0.1, 0.15) is 12.4 Å². The largest absolute Gasteiger partial charge is 0.488 e. The summed E-state index contributed by atoms with van der Waals surface area (Å²) in [6.07, 6.45) is 1.66. The number of nitrogens with one attached hydrogen (secondary N) is 2. The van der Waals surface area contributed by atoms with Crippen LogP contribution >= 0.6 is 15.9 Å². The van der Waals surface area contributed by atoms with E-state index in [1.54, 1.807) is 12.1 Å². The van der Waals surface area contributed by atoms with Crippen molar-refractivity contribution >= 4 is 39.6 Å². The van der Waals surface area contributed by atoms with E-state index in [9.17, 15) is 9.59 Å². The lowest BCUT2D eigenvalue weighted by Gasteiger charge is -2.08. The molecule has 3 aromatic carbocycles. The third-order valence-corrected chi connectivity index (χ3v) is 4.85. The van der Waals surface area contributed by atoms with Crippen molar-refractivity contribution in [1.29, 1.82) is 0 Å². The van der Waals surface area contributed by atoms with Gasteiger partial charge in [-0.3, -0.25) is 9.59 Å². The number of hydrazone groups is 1. The fraction of sp³-hybridized carbons (Fsp3) is 0.125. The first kappa shape index (κ1) is 22.2. The molecule has 3 aromatic rings. The highest BCUT2D eigenvalue weighted by Crippen LogP contribution is 2.26. The second kappa shape index (κ2) is 11.7. The van der Waals surface area contributed by atoms with E-state index in [4.69, 9.17) is 4.74 Å². The van der Waals surface area contributed by atoms with Gasteiger partial charge in [0, 0.05) is 18.5 Å². The van der Waals surface area contributed by atoms with E-state index in [2.05, 4.69) is 31.8 Å². The number of ether oxygens (including phenoxy) is 1. The molecule has 7 heteroatoms.